The van der Waals surface area contributed by atoms with Crippen molar-refractivity contribution < 1.29 is 23.9 Å². The minimum absolute atomic E-state index is 0.210. The quantitative estimate of drug-likeness (QED) is 0.445. The predicted molar refractivity (Wildman–Crippen MR) is 85.9 cm³/mol. The van der Waals surface area contributed by atoms with Crippen molar-refractivity contribution in [3.8, 4) is 0 Å². The summed E-state index contributed by atoms with van der Waals surface area (Å²) in [5, 5.41) is 0. The van der Waals surface area contributed by atoms with Crippen LogP contribution in [0.2, 0.25) is 0 Å². The normalized spacial score (nSPS) is 28.3. The van der Waals surface area contributed by atoms with Gasteiger partial charge in [0.2, 0.25) is 5.91 Å². The van der Waals surface area contributed by atoms with E-state index in [-0.39, 0.29) is 31.0 Å². The van der Waals surface area contributed by atoms with Crippen molar-refractivity contribution >= 4 is 24.0 Å². The summed E-state index contributed by atoms with van der Waals surface area (Å²) in [6, 6.07) is 5.38. The smallest absolute Gasteiger partial charge is 0.262 e. The van der Waals surface area contributed by atoms with Crippen LogP contribution in [-0.4, -0.2) is 65.1 Å². The van der Waals surface area contributed by atoms with Crippen molar-refractivity contribution in [2.24, 2.45) is 0 Å². The van der Waals surface area contributed by atoms with Gasteiger partial charge in [-0.2, -0.15) is 0 Å². The number of fused-ring (bicyclic) bond motifs is 1. The van der Waals surface area contributed by atoms with E-state index in [9.17, 15) is 19.2 Å². The number of carbonyl (C=O) groups excluding carboxylic acids is 4. The van der Waals surface area contributed by atoms with Gasteiger partial charge in [0, 0.05) is 19.6 Å². The Hall–Kier alpha value is -2.54. The van der Waals surface area contributed by atoms with Crippen LogP contribution in [0.15, 0.2) is 24.3 Å². The Morgan fingerprint density at radius 1 is 1.12 bits per heavy atom. The van der Waals surface area contributed by atoms with E-state index in [1.807, 2.05) is 0 Å². The van der Waals surface area contributed by atoms with Crippen molar-refractivity contribution in [3.63, 3.8) is 0 Å². The molecule has 7 nitrogen and oxygen atoms in total. The highest BCUT2D eigenvalue weighted by molar-refractivity contribution is 6.23. The molecule has 3 atom stereocenters. The summed E-state index contributed by atoms with van der Waals surface area (Å²) in [6.07, 6.45) is 2.43. The molecule has 1 aromatic carbocycles. The molecule has 0 N–H and O–H groups in total. The van der Waals surface area contributed by atoms with Gasteiger partial charge in [0.1, 0.15) is 12.3 Å². The first-order valence-corrected chi connectivity index (χ1v) is 8.48. The monoisotopic (exact) mass is 342 g/mol. The van der Waals surface area contributed by atoms with Crippen molar-refractivity contribution in [2.45, 2.75) is 37.5 Å². The van der Waals surface area contributed by atoms with Gasteiger partial charge in [0.25, 0.3) is 11.8 Å². The molecule has 4 rings (SSSR count). The Balaban J connectivity index is 1.64. The first kappa shape index (κ1) is 16.0. The van der Waals surface area contributed by atoms with Gasteiger partial charge in [-0.15, -0.1) is 0 Å². The van der Waals surface area contributed by atoms with Gasteiger partial charge in [-0.3, -0.25) is 19.3 Å². The van der Waals surface area contributed by atoms with Crippen LogP contribution < -0.4 is 0 Å². The van der Waals surface area contributed by atoms with Crippen LogP contribution >= 0.6 is 0 Å². The topological polar surface area (TPSA) is 84.0 Å². The molecule has 0 saturated carbocycles. The van der Waals surface area contributed by atoms with Gasteiger partial charge < -0.3 is 14.4 Å². The second-order valence-corrected chi connectivity index (χ2v) is 6.50. The van der Waals surface area contributed by atoms with Crippen LogP contribution in [-0.2, 0) is 14.3 Å². The molecule has 0 aliphatic carbocycles. The summed E-state index contributed by atoms with van der Waals surface area (Å²) >= 11 is 0. The van der Waals surface area contributed by atoms with E-state index in [0.717, 1.165) is 24.0 Å². The standard InChI is InChI=1S/C18H18N2O5/c21-9-4-8-19-14(13-7-3-10-25-13)15(18(19)24)20-16(22)11-5-1-2-6-12(11)17(20)23/h1-2,5-6,9,13-15H,3-4,7-8,10H2/t13?,14-,15?/m1/s1. The molecule has 3 aliphatic heterocycles. The lowest BCUT2D eigenvalue weighted by Crippen LogP contribution is -2.74. The molecule has 1 aromatic rings. The van der Waals surface area contributed by atoms with E-state index in [1.54, 1.807) is 29.2 Å². The molecule has 25 heavy (non-hydrogen) atoms. The first-order chi connectivity index (χ1) is 12.1. The average Bonchev–Trinajstić information content (AvgIpc) is 3.23. The lowest BCUT2D eigenvalue weighted by molar-refractivity contribution is -0.164. The van der Waals surface area contributed by atoms with Gasteiger partial charge in [0.15, 0.2) is 0 Å². The second-order valence-electron chi connectivity index (χ2n) is 6.50. The number of carbonyl (C=O) groups is 4. The Morgan fingerprint density at radius 2 is 1.80 bits per heavy atom. The zero-order chi connectivity index (χ0) is 17.6. The van der Waals surface area contributed by atoms with Gasteiger partial charge in [-0.05, 0) is 25.0 Å². The lowest BCUT2D eigenvalue weighted by atomic mass is 9.87. The van der Waals surface area contributed by atoms with Crippen LogP contribution in [0.4, 0.5) is 0 Å². The summed E-state index contributed by atoms with van der Waals surface area (Å²) in [5.41, 5.74) is 0.662. The van der Waals surface area contributed by atoms with Crippen LogP contribution in [0.25, 0.3) is 0 Å². The van der Waals surface area contributed by atoms with E-state index in [2.05, 4.69) is 0 Å². The van der Waals surface area contributed by atoms with E-state index >= 15 is 0 Å². The van der Waals surface area contributed by atoms with Crippen molar-refractivity contribution in [1.29, 1.82) is 0 Å². The number of rotatable bonds is 5. The number of likely N-dealkylation sites (tertiary alicyclic amines) is 1. The SMILES string of the molecule is O=CCCN1C(=O)C(N2C(=O)c3ccccc3C2=O)[C@H]1C1CCCO1. The number of β-lactam (4-membered cyclic amide) rings is 1. The Kier molecular flexibility index (Phi) is 3.88. The number of hydrogen-bond acceptors (Lipinski definition) is 5. The summed E-state index contributed by atoms with van der Waals surface area (Å²) < 4.78 is 5.72. The predicted octanol–water partition coefficient (Wildman–Crippen LogP) is 0.630. The van der Waals surface area contributed by atoms with Crippen LogP contribution in [0.5, 0.6) is 0 Å². The van der Waals surface area contributed by atoms with Gasteiger partial charge in [-0.1, -0.05) is 12.1 Å². The van der Waals surface area contributed by atoms with Crippen LogP contribution in [0.1, 0.15) is 40.0 Å². The molecular weight excluding hydrogens is 324 g/mol. The number of aldehydes is 1. The molecule has 0 radical (unpaired) electrons. The fraction of sp³-hybridized carbons (Fsp3) is 0.444. The maximum absolute atomic E-state index is 12.7. The van der Waals surface area contributed by atoms with E-state index in [1.165, 1.54) is 0 Å². The average molecular weight is 342 g/mol. The van der Waals surface area contributed by atoms with E-state index in [0.29, 0.717) is 17.7 Å². The Bertz CT molecular complexity index is 721. The van der Waals surface area contributed by atoms with Gasteiger partial charge in [0.05, 0.1) is 23.3 Å². The zero-order valence-electron chi connectivity index (χ0n) is 13.6. The minimum Gasteiger partial charge on any atom is -0.376 e. The summed E-state index contributed by atoms with van der Waals surface area (Å²) in [7, 11) is 0. The molecular formula is C18H18N2O5. The van der Waals surface area contributed by atoms with E-state index in [4.69, 9.17) is 4.74 Å². The Morgan fingerprint density at radius 3 is 2.36 bits per heavy atom. The molecule has 0 aromatic heterocycles. The third kappa shape index (κ3) is 2.30. The maximum atomic E-state index is 12.7. The van der Waals surface area contributed by atoms with Crippen molar-refractivity contribution in [3.05, 3.63) is 35.4 Å². The maximum Gasteiger partial charge on any atom is 0.262 e. The van der Waals surface area contributed by atoms with E-state index < -0.39 is 17.9 Å². The highest BCUT2D eigenvalue weighted by Crippen LogP contribution is 2.37. The van der Waals surface area contributed by atoms with Gasteiger partial charge >= 0.3 is 0 Å². The molecule has 3 aliphatic rings. The molecule has 3 heterocycles. The number of nitrogens with zero attached hydrogens (tertiary/aromatic N) is 2. The molecule has 130 valence electrons. The highest BCUT2D eigenvalue weighted by Gasteiger charge is 2.58. The number of benzene rings is 1. The summed E-state index contributed by atoms with van der Waals surface area (Å²) in [4.78, 5) is 51.4. The largest absolute Gasteiger partial charge is 0.376 e. The highest BCUT2D eigenvalue weighted by atomic mass is 16.5. The second kappa shape index (κ2) is 6.07. The molecule has 2 fully saturated rings. The molecule has 7 heteroatoms. The number of imide groups is 1. The number of amides is 3. The van der Waals surface area contributed by atoms with Crippen LogP contribution in [0.3, 0.4) is 0 Å². The molecule has 3 amide bonds. The molecule has 0 spiro atoms. The number of hydrogen-bond donors (Lipinski definition) is 0. The first-order valence-electron chi connectivity index (χ1n) is 8.48. The fourth-order valence-corrected chi connectivity index (χ4v) is 4.00. The summed E-state index contributed by atoms with van der Waals surface area (Å²) in [5.74, 6) is -1.16. The third-order valence-electron chi connectivity index (χ3n) is 5.16. The molecule has 2 saturated heterocycles. The molecule has 0 bridgehead atoms. The lowest BCUT2D eigenvalue weighted by Gasteiger charge is -2.51. The summed E-state index contributed by atoms with van der Waals surface area (Å²) in [6.45, 7) is 0.887. The Labute approximate surface area is 144 Å². The van der Waals surface area contributed by atoms with Gasteiger partial charge in [-0.25, -0.2) is 0 Å². The van der Waals surface area contributed by atoms with Crippen molar-refractivity contribution in [2.75, 3.05) is 13.2 Å². The fourth-order valence-electron chi connectivity index (χ4n) is 4.00. The minimum atomic E-state index is -0.845. The molecule has 2 unspecified atom stereocenters. The zero-order valence-corrected chi connectivity index (χ0v) is 13.6. The number of ether oxygens (including phenoxy) is 1. The van der Waals surface area contributed by atoms with Crippen molar-refractivity contribution in [1.82, 2.24) is 9.80 Å². The third-order valence-corrected chi connectivity index (χ3v) is 5.16. The van der Waals surface area contributed by atoms with Crippen LogP contribution in [0, 0.1) is 0 Å².